The maximum absolute atomic E-state index is 5.39. The van der Waals surface area contributed by atoms with Crippen LogP contribution >= 0.6 is 0 Å². The average Bonchev–Trinajstić information content (AvgIpc) is 3.25. The van der Waals surface area contributed by atoms with Crippen LogP contribution in [-0.2, 0) is 6.54 Å². The van der Waals surface area contributed by atoms with Crippen LogP contribution < -0.4 is 0 Å². The van der Waals surface area contributed by atoms with Gasteiger partial charge in [-0.1, -0.05) is 10.3 Å². The second kappa shape index (κ2) is 6.48. The molecule has 4 rings (SSSR count). The Labute approximate surface area is 138 Å². The lowest BCUT2D eigenvalue weighted by molar-refractivity contribution is 0.173. The van der Waals surface area contributed by atoms with E-state index in [0.717, 1.165) is 37.3 Å². The Hall–Kier alpha value is -2.61. The number of rotatable bonds is 4. The molecule has 0 amide bonds. The number of piperidine rings is 1. The van der Waals surface area contributed by atoms with Crippen LogP contribution in [0.25, 0.3) is 11.4 Å². The SMILES string of the molecule is Cc1nc([C@H]2CCCN(Cc3nc(-c4cccnc4)no3)C2)no1. The van der Waals surface area contributed by atoms with Crippen molar-refractivity contribution in [1.82, 2.24) is 30.2 Å². The van der Waals surface area contributed by atoms with Crippen molar-refractivity contribution in [3.63, 3.8) is 0 Å². The molecule has 0 aromatic carbocycles. The standard InChI is InChI=1S/C16H18N6O2/c1-11-18-16(20-23-11)13-5-3-7-22(9-13)10-14-19-15(21-24-14)12-4-2-6-17-8-12/h2,4,6,8,13H,3,5,7,9-10H2,1H3/t13-/m0/s1. The Morgan fingerprint density at radius 3 is 3.00 bits per heavy atom. The van der Waals surface area contributed by atoms with Gasteiger partial charge in [-0.15, -0.1) is 0 Å². The number of pyridine rings is 1. The molecular weight excluding hydrogens is 308 g/mol. The van der Waals surface area contributed by atoms with E-state index in [0.29, 0.717) is 24.2 Å². The first-order chi connectivity index (χ1) is 11.8. The van der Waals surface area contributed by atoms with E-state index < -0.39 is 0 Å². The van der Waals surface area contributed by atoms with Gasteiger partial charge in [-0.05, 0) is 31.5 Å². The van der Waals surface area contributed by atoms with Crippen molar-refractivity contribution in [1.29, 1.82) is 0 Å². The molecule has 0 bridgehead atoms. The van der Waals surface area contributed by atoms with Gasteiger partial charge in [0, 0.05) is 37.3 Å². The molecule has 1 atom stereocenters. The van der Waals surface area contributed by atoms with Gasteiger partial charge in [0.1, 0.15) is 0 Å². The molecule has 8 nitrogen and oxygen atoms in total. The summed E-state index contributed by atoms with van der Waals surface area (Å²) in [6.45, 7) is 4.30. The van der Waals surface area contributed by atoms with Crippen molar-refractivity contribution in [3.05, 3.63) is 42.1 Å². The van der Waals surface area contributed by atoms with Gasteiger partial charge in [0.2, 0.25) is 17.6 Å². The molecule has 0 unspecified atom stereocenters. The molecule has 0 spiro atoms. The van der Waals surface area contributed by atoms with E-state index >= 15 is 0 Å². The predicted octanol–water partition coefficient (Wildman–Crippen LogP) is 2.20. The summed E-state index contributed by atoms with van der Waals surface area (Å²) in [6.07, 6.45) is 5.60. The number of nitrogens with zero attached hydrogens (tertiary/aromatic N) is 6. The summed E-state index contributed by atoms with van der Waals surface area (Å²) in [4.78, 5) is 15.2. The second-order valence-electron chi connectivity index (χ2n) is 6.00. The summed E-state index contributed by atoms with van der Waals surface area (Å²) in [5.74, 6) is 2.87. The summed E-state index contributed by atoms with van der Waals surface area (Å²) < 4.78 is 10.5. The minimum Gasteiger partial charge on any atom is -0.340 e. The van der Waals surface area contributed by atoms with Gasteiger partial charge >= 0.3 is 0 Å². The lowest BCUT2D eigenvalue weighted by atomic mass is 9.97. The van der Waals surface area contributed by atoms with Gasteiger partial charge in [-0.25, -0.2) is 0 Å². The van der Waals surface area contributed by atoms with Crippen molar-refractivity contribution in [2.75, 3.05) is 13.1 Å². The lowest BCUT2D eigenvalue weighted by Gasteiger charge is -2.29. The summed E-state index contributed by atoms with van der Waals surface area (Å²) in [5.41, 5.74) is 0.853. The average molecular weight is 326 g/mol. The van der Waals surface area contributed by atoms with E-state index in [9.17, 15) is 0 Å². The number of hydrogen-bond donors (Lipinski definition) is 0. The third-order valence-corrected chi connectivity index (χ3v) is 4.16. The highest BCUT2D eigenvalue weighted by Gasteiger charge is 2.26. The third-order valence-electron chi connectivity index (χ3n) is 4.16. The van der Waals surface area contributed by atoms with Crippen LogP contribution in [0.3, 0.4) is 0 Å². The molecule has 1 saturated heterocycles. The quantitative estimate of drug-likeness (QED) is 0.720. The Morgan fingerprint density at radius 1 is 1.25 bits per heavy atom. The van der Waals surface area contributed by atoms with Crippen molar-refractivity contribution in [2.24, 2.45) is 0 Å². The Balaban J connectivity index is 1.43. The van der Waals surface area contributed by atoms with Gasteiger partial charge < -0.3 is 9.05 Å². The molecule has 4 heterocycles. The summed E-state index contributed by atoms with van der Waals surface area (Å²) >= 11 is 0. The maximum Gasteiger partial charge on any atom is 0.241 e. The predicted molar refractivity (Wildman–Crippen MR) is 83.8 cm³/mol. The Morgan fingerprint density at radius 2 is 2.21 bits per heavy atom. The number of aromatic nitrogens is 5. The zero-order chi connectivity index (χ0) is 16.4. The molecular formula is C16H18N6O2. The summed E-state index contributed by atoms with van der Waals surface area (Å²) in [6, 6.07) is 3.77. The molecule has 0 aliphatic carbocycles. The van der Waals surface area contributed by atoms with Crippen molar-refractivity contribution < 1.29 is 9.05 Å². The largest absolute Gasteiger partial charge is 0.340 e. The van der Waals surface area contributed by atoms with Crippen LogP contribution in [0.5, 0.6) is 0 Å². The number of aryl methyl sites for hydroxylation is 1. The van der Waals surface area contributed by atoms with E-state index in [4.69, 9.17) is 9.05 Å². The van der Waals surface area contributed by atoms with Crippen LogP contribution in [-0.4, -0.2) is 43.3 Å². The van der Waals surface area contributed by atoms with E-state index in [1.54, 1.807) is 12.4 Å². The monoisotopic (exact) mass is 326 g/mol. The molecule has 8 heteroatoms. The minimum atomic E-state index is 0.289. The Kier molecular flexibility index (Phi) is 4.04. The lowest BCUT2D eigenvalue weighted by Crippen LogP contribution is -2.34. The van der Waals surface area contributed by atoms with Crippen LogP contribution in [0.4, 0.5) is 0 Å². The fourth-order valence-electron chi connectivity index (χ4n) is 3.01. The van der Waals surface area contributed by atoms with E-state index in [1.807, 2.05) is 19.1 Å². The van der Waals surface area contributed by atoms with Gasteiger partial charge in [0.05, 0.1) is 6.54 Å². The molecule has 0 saturated carbocycles. The van der Waals surface area contributed by atoms with E-state index in [1.165, 1.54) is 0 Å². The summed E-state index contributed by atoms with van der Waals surface area (Å²) in [5, 5.41) is 8.09. The van der Waals surface area contributed by atoms with Crippen LogP contribution in [0.15, 0.2) is 33.6 Å². The minimum absolute atomic E-state index is 0.289. The molecule has 0 radical (unpaired) electrons. The molecule has 0 N–H and O–H groups in total. The topological polar surface area (TPSA) is 94.0 Å². The van der Waals surface area contributed by atoms with E-state index in [2.05, 4.69) is 30.2 Å². The van der Waals surface area contributed by atoms with Gasteiger partial charge in [-0.2, -0.15) is 9.97 Å². The van der Waals surface area contributed by atoms with Gasteiger partial charge in [-0.3, -0.25) is 9.88 Å². The molecule has 3 aromatic rings. The molecule has 1 fully saturated rings. The molecule has 1 aliphatic heterocycles. The zero-order valence-corrected chi connectivity index (χ0v) is 13.4. The van der Waals surface area contributed by atoms with Crippen molar-refractivity contribution in [3.8, 4) is 11.4 Å². The van der Waals surface area contributed by atoms with Gasteiger partial charge in [0.25, 0.3) is 0 Å². The van der Waals surface area contributed by atoms with Crippen LogP contribution in [0.1, 0.15) is 36.4 Å². The van der Waals surface area contributed by atoms with Crippen LogP contribution in [0.2, 0.25) is 0 Å². The highest BCUT2D eigenvalue weighted by molar-refractivity contribution is 5.51. The number of likely N-dealkylation sites (tertiary alicyclic amines) is 1. The zero-order valence-electron chi connectivity index (χ0n) is 13.4. The third kappa shape index (κ3) is 3.18. The number of hydrogen-bond acceptors (Lipinski definition) is 8. The first kappa shape index (κ1) is 14.9. The maximum atomic E-state index is 5.39. The van der Waals surface area contributed by atoms with Crippen molar-refractivity contribution in [2.45, 2.75) is 32.2 Å². The first-order valence-electron chi connectivity index (χ1n) is 8.03. The van der Waals surface area contributed by atoms with Gasteiger partial charge in [0.15, 0.2) is 5.82 Å². The Bertz CT molecular complexity index is 800. The molecule has 3 aromatic heterocycles. The molecule has 124 valence electrons. The van der Waals surface area contributed by atoms with Crippen LogP contribution in [0, 0.1) is 6.92 Å². The molecule has 1 aliphatic rings. The normalized spacial score (nSPS) is 18.8. The second-order valence-corrected chi connectivity index (χ2v) is 6.00. The fourth-order valence-corrected chi connectivity index (χ4v) is 3.01. The fraction of sp³-hybridized carbons (Fsp3) is 0.438. The van der Waals surface area contributed by atoms with Crippen molar-refractivity contribution >= 4 is 0 Å². The highest BCUT2D eigenvalue weighted by atomic mass is 16.5. The summed E-state index contributed by atoms with van der Waals surface area (Å²) in [7, 11) is 0. The van der Waals surface area contributed by atoms with E-state index in [-0.39, 0.29) is 5.92 Å². The highest BCUT2D eigenvalue weighted by Crippen LogP contribution is 2.26. The molecule has 24 heavy (non-hydrogen) atoms. The first-order valence-corrected chi connectivity index (χ1v) is 8.03. The smallest absolute Gasteiger partial charge is 0.241 e.